The quantitative estimate of drug-likeness (QED) is 0.442. The molecule has 0 saturated heterocycles. The molecule has 3 heteroatoms. The summed E-state index contributed by atoms with van der Waals surface area (Å²) in [7, 11) is 0. The van der Waals surface area contributed by atoms with Gasteiger partial charge in [0, 0.05) is 5.41 Å². The zero-order chi connectivity index (χ0) is 18.8. The van der Waals surface area contributed by atoms with Crippen molar-refractivity contribution in [3.8, 4) is 0 Å². The van der Waals surface area contributed by atoms with Crippen molar-refractivity contribution in [3.05, 3.63) is 35.9 Å². The van der Waals surface area contributed by atoms with Crippen molar-refractivity contribution in [2.75, 3.05) is 19.8 Å². The van der Waals surface area contributed by atoms with Crippen molar-refractivity contribution in [1.29, 1.82) is 0 Å². The Hall–Kier alpha value is -1.35. The highest BCUT2D eigenvalue weighted by molar-refractivity contribution is 5.89. The standard InChI is InChI=1S/C22H36O3/c1-6-21(7-2,8-3)16-24-17-22(9-4,10-5)18-25-20(23)19-14-12-11-13-15-19/h11-15H,6-10,16-18H2,1-5H3. The van der Waals surface area contributed by atoms with Gasteiger partial charge in [0.15, 0.2) is 0 Å². The van der Waals surface area contributed by atoms with Gasteiger partial charge in [0.05, 0.1) is 25.4 Å². The maximum absolute atomic E-state index is 12.2. The molecule has 0 fully saturated rings. The van der Waals surface area contributed by atoms with Crippen LogP contribution in [-0.4, -0.2) is 25.8 Å². The Kier molecular flexibility index (Phi) is 9.20. The molecule has 3 nitrogen and oxygen atoms in total. The minimum atomic E-state index is -0.253. The van der Waals surface area contributed by atoms with Gasteiger partial charge in [0.2, 0.25) is 0 Å². The fourth-order valence-electron chi connectivity index (χ4n) is 3.12. The SMILES string of the molecule is CCC(CC)(CC)COCC(CC)(CC)COC(=O)c1ccccc1. The molecular weight excluding hydrogens is 312 g/mol. The van der Waals surface area contributed by atoms with Crippen LogP contribution < -0.4 is 0 Å². The fourth-order valence-corrected chi connectivity index (χ4v) is 3.12. The summed E-state index contributed by atoms with van der Waals surface area (Å²) in [6, 6.07) is 9.18. The van der Waals surface area contributed by atoms with E-state index in [1.807, 2.05) is 18.2 Å². The van der Waals surface area contributed by atoms with Crippen LogP contribution in [0.15, 0.2) is 30.3 Å². The Morgan fingerprint density at radius 2 is 1.24 bits per heavy atom. The highest BCUT2D eigenvalue weighted by Crippen LogP contribution is 2.33. The monoisotopic (exact) mass is 348 g/mol. The zero-order valence-electron chi connectivity index (χ0n) is 16.8. The van der Waals surface area contributed by atoms with E-state index in [4.69, 9.17) is 9.47 Å². The van der Waals surface area contributed by atoms with Crippen molar-refractivity contribution in [2.45, 2.75) is 66.7 Å². The third-order valence-corrected chi connectivity index (χ3v) is 6.09. The van der Waals surface area contributed by atoms with Crippen molar-refractivity contribution in [3.63, 3.8) is 0 Å². The van der Waals surface area contributed by atoms with Crippen LogP contribution in [0.4, 0.5) is 0 Å². The topological polar surface area (TPSA) is 35.5 Å². The third kappa shape index (κ3) is 6.14. The van der Waals surface area contributed by atoms with Crippen LogP contribution in [0.25, 0.3) is 0 Å². The summed E-state index contributed by atoms with van der Waals surface area (Å²) in [6.07, 6.45) is 5.27. The van der Waals surface area contributed by atoms with E-state index in [0.29, 0.717) is 18.8 Å². The van der Waals surface area contributed by atoms with Crippen LogP contribution >= 0.6 is 0 Å². The van der Waals surface area contributed by atoms with Gasteiger partial charge in [-0.3, -0.25) is 0 Å². The average Bonchev–Trinajstić information content (AvgIpc) is 2.69. The lowest BCUT2D eigenvalue weighted by Crippen LogP contribution is -2.35. The fraction of sp³-hybridized carbons (Fsp3) is 0.682. The summed E-state index contributed by atoms with van der Waals surface area (Å²) in [6.45, 7) is 12.9. The third-order valence-electron chi connectivity index (χ3n) is 6.09. The average molecular weight is 349 g/mol. The molecule has 0 aliphatic rings. The Morgan fingerprint density at radius 3 is 1.72 bits per heavy atom. The number of rotatable bonds is 12. The minimum absolute atomic E-state index is 0.106. The van der Waals surface area contributed by atoms with E-state index in [2.05, 4.69) is 34.6 Å². The molecule has 0 spiro atoms. The summed E-state index contributed by atoms with van der Waals surface area (Å²) in [5.41, 5.74) is 0.769. The molecule has 0 radical (unpaired) electrons. The Balaban J connectivity index is 2.62. The van der Waals surface area contributed by atoms with Gasteiger partial charge in [0.25, 0.3) is 0 Å². The van der Waals surface area contributed by atoms with E-state index in [1.165, 1.54) is 0 Å². The second kappa shape index (κ2) is 10.6. The number of esters is 1. The van der Waals surface area contributed by atoms with E-state index in [-0.39, 0.29) is 16.8 Å². The maximum atomic E-state index is 12.2. The first-order valence-electron chi connectivity index (χ1n) is 9.80. The number of ether oxygens (including phenoxy) is 2. The van der Waals surface area contributed by atoms with Crippen LogP contribution in [0, 0.1) is 10.8 Å². The summed E-state index contributed by atoms with van der Waals surface area (Å²) >= 11 is 0. The van der Waals surface area contributed by atoms with Gasteiger partial charge in [0.1, 0.15) is 0 Å². The van der Waals surface area contributed by atoms with Gasteiger partial charge in [-0.1, -0.05) is 52.8 Å². The number of carbonyl (C=O) groups is 1. The van der Waals surface area contributed by atoms with Gasteiger partial charge in [-0.25, -0.2) is 4.79 Å². The summed E-state index contributed by atoms with van der Waals surface area (Å²) in [5, 5.41) is 0. The molecule has 0 amide bonds. The molecule has 25 heavy (non-hydrogen) atoms. The first kappa shape index (κ1) is 21.7. The lowest BCUT2D eigenvalue weighted by molar-refractivity contribution is -0.0438. The van der Waals surface area contributed by atoms with Crippen LogP contribution in [0.5, 0.6) is 0 Å². The Morgan fingerprint density at radius 1 is 0.760 bits per heavy atom. The van der Waals surface area contributed by atoms with E-state index in [9.17, 15) is 4.79 Å². The van der Waals surface area contributed by atoms with Crippen molar-refractivity contribution < 1.29 is 14.3 Å². The molecule has 0 aliphatic carbocycles. The lowest BCUT2D eigenvalue weighted by Gasteiger charge is -2.35. The summed E-state index contributed by atoms with van der Waals surface area (Å²) < 4.78 is 11.8. The van der Waals surface area contributed by atoms with Crippen LogP contribution in [0.2, 0.25) is 0 Å². The van der Waals surface area contributed by atoms with E-state index in [0.717, 1.165) is 38.7 Å². The molecule has 1 rings (SSSR count). The normalized spacial score (nSPS) is 12.2. The molecule has 1 aromatic rings. The molecule has 0 N–H and O–H groups in total. The van der Waals surface area contributed by atoms with Gasteiger partial charge in [-0.2, -0.15) is 0 Å². The number of benzene rings is 1. The highest BCUT2D eigenvalue weighted by Gasteiger charge is 2.31. The van der Waals surface area contributed by atoms with Gasteiger partial charge in [-0.05, 0) is 49.7 Å². The maximum Gasteiger partial charge on any atom is 0.338 e. The second-order valence-electron chi connectivity index (χ2n) is 7.20. The second-order valence-corrected chi connectivity index (χ2v) is 7.20. The largest absolute Gasteiger partial charge is 0.461 e. The van der Waals surface area contributed by atoms with Crippen LogP contribution in [0.1, 0.15) is 77.1 Å². The van der Waals surface area contributed by atoms with Gasteiger partial charge >= 0.3 is 5.97 Å². The number of hydrogen-bond acceptors (Lipinski definition) is 3. The molecule has 0 aliphatic heterocycles. The predicted octanol–water partition coefficient (Wildman–Crippen LogP) is 5.88. The smallest absolute Gasteiger partial charge is 0.338 e. The summed E-state index contributed by atoms with van der Waals surface area (Å²) in [4.78, 5) is 12.2. The Bertz CT molecular complexity index is 479. The molecular formula is C22H36O3. The molecule has 0 bridgehead atoms. The minimum Gasteiger partial charge on any atom is -0.461 e. The van der Waals surface area contributed by atoms with E-state index in [1.54, 1.807) is 12.1 Å². The molecule has 142 valence electrons. The molecule has 0 atom stereocenters. The molecule has 0 saturated carbocycles. The Labute approximate surface area is 154 Å². The van der Waals surface area contributed by atoms with Gasteiger partial charge < -0.3 is 9.47 Å². The highest BCUT2D eigenvalue weighted by atomic mass is 16.5. The van der Waals surface area contributed by atoms with E-state index >= 15 is 0 Å². The van der Waals surface area contributed by atoms with Crippen molar-refractivity contribution >= 4 is 5.97 Å². The zero-order valence-corrected chi connectivity index (χ0v) is 16.8. The summed E-state index contributed by atoms with van der Waals surface area (Å²) in [5.74, 6) is -0.253. The van der Waals surface area contributed by atoms with Crippen molar-refractivity contribution in [2.24, 2.45) is 10.8 Å². The first-order chi connectivity index (χ1) is 12.0. The molecule has 1 aromatic carbocycles. The van der Waals surface area contributed by atoms with Crippen LogP contribution in [0.3, 0.4) is 0 Å². The van der Waals surface area contributed by atoms with E-state index < -0.39 is 0 Å². The van der Waals surface area contributed by atoms with Crippen LogP contribution in [-0.2, 0) is 9.47 Å². The molecule has 0 unspecified atom stereocenters. The lowest BCUT2D eigenvalue weighted by atomic mass is 9.80. The van der Waals surface area contributed by atoms with Crippen molar-refractivity contribution in [1.82, 2.24) is 0 Å². The molecule has 0 aromatic heterocycles. The predicted molar refractivity (Wildman–Crippen MR) is 104 cm³/mol. The first-order valence-corrected chi connectivity index (χ1v) is 9.80. The number of hydrogen-bond donors (Lipinski definition) is 0. The molecule has 0 heterocycles. The number of carbonyl (C=O) groups excluding carboxylic acids is 1. The van der Waals surface area contributed by atoms with Gasteiger partial charge in [-0.15, -0.1) is 0 Å².